The van der Waals surface area contributed by atoms with Crippen LogP contribution in [0.3, 0.4) is 0 Å². The summed E-state index contributed by atoms with van der Waals surface area (Å²) in [4.78, 5) is 15.1. The summed E-state index contributed by atoms with van der Waals surface area (Å²) in [6, 6.07) is 5.32. The molecule has 2 aromatic heterocycles. The van der Waals surface area contributed by atoms with E-state index in [9.17, 15) is 4.79 Å². The van der Waals surface area contributed by atoms with Crippen molar-refractivity contribution in [2.45, 2.75) is 11.4 Å². The third-order valence-corrected chi connectivity index (χ3v) is 3.95. The molecule has 0 atom stereocenters. The molecule has 0 saturated carbocycles. The normalized spacial score (nSPS) is 10.4. The Bertz CT molecular complexity index is 497. The van der Waals surface area contributed by atoms with E-state index >= 15 is 0 Å². The van der Waals surface area contributed by atoms with E-state index in [1.54, 1.807) is 29.7 Å². The van der Waals surface area contributed by atoms with Gasteiger partial charge in [0.2, 0.25) is 0 Å². The van der Waals surface area contributed by atoms with Crippen molar-refractivity contribution in [3.8, 4) is 0 Å². The topological polar surface area (TPSA) is 50.2 Å². The first kappa shape index (κ1) is 12.1. The third kappa shape index (κ3) is 3.31. The van der Waals surface area contributed by atoms with Gasteiger partial charge in [0.25, 0.3) is 0 Å². The molecule has 2 heterocycles. The molecule has 88 valence electrons. The van der Waals surface area contributed by atoms with E-state index in [4.69, 9.17) is 5.11 Å². The Morgan fingerprint density at radius 2 is 2.35 bits per heavy atom. The molecule has 0 amide bonds. The van der Waals surface area contributed by atoms with Gasteiger partial charge in [-0.3, -0.25) is 0 Å². The van der Waals surface area contributed by atoms with E-state index < -0.39 is 5.97 Å². The zero-order chi connectivity index (χ0) is 12.1. The molecule has 0 aliphatic heterocycles. The fourth-order valence-electron chi connectivity index (χ4n) is 1.37. The second-order valence-electron chi connectivity index (χ2n) is 3.39. The van der Waals surface area contributed by atoms with Crippen LogP contribution < -0.4 is 0 Å². The van der Waals surface area contributed by atoms with Crippen LogP contribution in [0.1, 0.15) is 15.9 Å². The monoisotopic (exact) mass is 265 g/mol. The summed E-state index contributed by atoms with van der Waals surface area (Å²) in [6.07, 6.45) is 2.56. The molecule has 0 radical (unpaired) electrons. The van der Waals surface area contributed by atoms with Crippen LogP contribution in [-0.4, -0.2) is 21.8 Å². The lowest BCUT2D eigenvalue weighted by Crippen LogP contribution is -2.01. The van der Waals surface area contributed by atoms with Crippen LogP contribution >= 0.6 is 23.1 Å². The molecule has 0 aliphatic rings. The Kier molecular flexibility index (Phi) is 4.17. The molecule has 5 heteroatoms. The molecular weight excluding hydrogens is 254 g/mol. The van der Waals surface area contributed by atoms with Crippen LogP contribution in [0.5, 0.6) is 0 Å². The van der Waals surface area contributed by atoms with Gasteiger partial charge in [0.05, 0.1) is 5.56 Å². The fraction of sp³-hybridized carbons (Fsp3) is 0.167. The predicted octanol–water partition coefficient (Wildman–Crippen LogP) is 3.18. The van der Waals surface area contributed by atoms with Crippen LogP contribution in [0.2, 0.25) is 0 Å². The molecule has 3 nitrogen and oxygen atoms in total. The number of carboxylic acids is 1. The summed E-state index contributed by atoms with van der Waals surface area (Å²) in [7, 11) is 0. The van der Waals surface area contributed by atoms with Gasteiger partial charge in [-0.2, -0.15) is 11.3 Å². The van der Waals surface area contributed by atoms with E-state index in [1.807, 2.05) is 5.38 Å². The maximum Gasteiger partial charge on any atom is 0.338 e. The minimum Gasteiger partial charge on any atom is -0.478 e. The van der Waals surface area contributed by atoms with Gasteiger partial charge in [-0.1, -0.05) is 0 Å². The van der Waals surface area contributed by atoms with Crippen molar-refractivity contribution in [3.05, 3.63) is 46.3 Å². The van der Waals surface area contributed by atoms with Gasteiger partial charge in [-0.25, -0.2) is 9.78 Å². The molecule has 0 aromatic carbocycles. The molecule has 0 unspecified atom stereocenters. The fourth-order valence-corrected chi connectivity index (χ4v) is 3.05. The quantitative estimate of drug-likeness (QED) is 0.844. The van der Waals surface area contributed by atoms with Crippen LogP contribution in [-0.2, 0) is 6.42 Å². The highest BCUT2D eigenvalue weighted by atomic mass is 32.2. The third-order valence-electron chi connectivity index (χ3n) is 2.21. The highest BCUT2D eigenvalue weighted by molar-refractivity contribution is 7.99. The largest absolute Gasteiger partial charge is 0.478 e. The highest BCUT2D eigenvalue weighted by Gasteiger charge is 2.10. The number of rotatable bonds is 5. The van der Waals surface area contributed by atoms with Crippen LogP contribution in [0, 0.1) is 0 Å². The first-order valence-corrected chi connectivity index (χ1v) is 7.02. The van der Waals surface area contributed by atoms with Crippen molar-refractivity contribution < 1.29 is 9.90 Å². The minimum atomic E-state index is -0.920. The number of nitrogens with zero attached hydrogens (tertiary/aromatic N) is 1. The summed E-state index contributed by atoms with van der Waals surface area (Å²) in [5, 5.41) is 13.7. The number of carboxylic acid groups (broad SMARTS) is 1. The number of hydrogen-bond donors (Lipinski definition) is 1. The number of thioether (sulfide) groups is 1. The summed E-state index contributed by atoms with van der Waals surface area (Å²) in [5.74, 6) is -0.0790. The Balaban J connectivity index is 1.97. The van der Waals surface area contributed by atoms with E-state index in [-0.39, 0.29) is 5.56 Å². The number of carbonyl (C=O) groups is 1. The molecule has 0 spiro atoms. The van der Waals surface area contributed by atoms with Gasteiger partial charge in [0.1, 0.15) is 5.03 Å². The van der Waals surface area contributed by atoms with Crippen LogP contribution in [0.4, 0.5) is 0 Å². The number of aromatic nitrogens is 1. The lowest BCUT2D eigenvalue weighted by molar-refractivity contribution is 0.0692. The molecule has 1 N–H and O–H groups in total. The number of aromatic carboxylic acids is 1. The van der Waals surface area contributed by atoms with Gasteiger partial charge in [0.15, 0.2) is 0 Å². The summed E-state index contributed by atoms with van der Waals surface area (Å²) in [6.45, 7) is 0. The molecule has 2 aromatic rings. The van der Waals surface area contributed by atoms with Crippen molar-refractivity contribution in [1.29, 1.82) is 0 Å². The van der Waals surface area contributed by atoms with Crippen molar-refractivity contribution in [3.63, 3.8) is 0 Å². The van der Waals surface area contributed by atoms with Gasteiger partial charge >= 0.3 is 5.97 Å². The summed E-state index contributed by atoms with van der Waals surface area (Å²) >= 11 is 3.16. The lowest BCUT2D eigenvalue weighted by atomic mass is 10.3. The standard InChI is InChI=1S/C12H11NO2S2/c14-12(15)10-2-1-5-13-11(10)17-7-4-9-3-6-16-8-9/h1-3,5-6,8H,4,7H2,(H,14,15). The zero-order valence-electron chi connectivity index (χ0n) is 9.00. The van der Waals surface area contributed by atoms with Crippen LogP contribution in [0.15, 0.2) is 40.2 Å². The molecule has 0 bridgehead atoms. The molecule has 2 rings (SSSR count). The van der Waals surface area contributed by atoms with Crippen molar-refractivity contribution in [2.24, 2.45) is 0 Å². The first-order chi connectivity index (χ1) is 8.27. The molecule has 0 saturated heterocycles. The average Bonchev–Trinajstić information content (AvgIpc) is 2.82. The second kappa shape index (κ2) is 5.84. The second-order valence-corrected chi connectivity index (χ2v) is 5.25. The van der Waals surface area contributed by atoms with Gasteiger partial charge in [-0.15, -0.1) is 11.8 Å². The van der Waals surface area contributed by atoms with Gasteiger partial charge in [-0.05, 0) is 40.9 Å². The smallest absolute Gasteiger partial charge is 0.338 e. The predicted molar refractivity (Wildman–Crippen MR) is 69.9 cm³/mol. The lowest BCUT2D eigenvalue weighted by Gasteiger charge is -2.03. The van der Waals surface area contributed by atoms with Gasteiger partial charge in [0, 0.05) is 11.9 Å². The van der Waals surface area contributed by atoms with Crippen molar-refractivity contribution in [1.82, 2.24) is 4.98 Å². The Labute approximate surface area is 108 Å². The maximum atomic E-state index is 11.0. The van der Waals surface area contributed by atoms with E-state index in [0.717, 1.165) is 12.2 Å². The number of hydrogen-bond acceptors (Lipinski definition) is 4. The number of pyridine rings is 1. The molecular formula is C12H11NO2S2. The average molecular weight is 265 g/mol. The molecule has 0 fully saturated rings. The summed E-state index contributed by atoms with van der Waals surface area (Å²) in [5.41, 5.74) is 1.57. The maximum absolute atomic E-state index is 11.0. The first-order valence-electron chi connectivity index (χ1n) is 5.09. The van der Waals surface area contributed by atoms with E-state index in [0.29, 0.717) is 5.03 Å². The van der Waals surface area contributed by atoms with E-state index in [2.05, 4.69) is 16.4 Å². The number of thiophene rings is 1. The van der Waals surface area contributed by atoms with Crippen molar-refractivity contribution in [2.75, 3.05) is 5.75 Å². The zero-order valence-corrected chi connectivity index (χ0v) is 10.6. The molecule has 0 aliphatic carbocycles. The minimum absolute atomic E-state index is 0.280. The SMILES string of the molecule is O=C(O)c1cccnc1SCCc1ccsc1. The highest BCUT2D eigenvalue weighted by Crippen LogP contribution is 2.21. The Hall–Kier alpha value is -1.33. The Morgan fingerprint density at radius 1 is 1.47 bits per heavy atom. The van der Waals surface area contributed by atoms with Crippen LogP contribution in [0.25, 0.3) is 0 Å². The Morgan fingerprint density at radius 3 is 3.06 bits per heavy atom. The molecule has 17 heavy (non-hydrogen) atoms. The van der Waals surface area contributed by atoms with Crippen molar-refractivity contribution >= 4 is 29.1 Å². The number of aryl methyl sites for hydroxylation is 1. The van der Waals surface area contributed by atoms with Gasteiger partial charge < -0.3 is 5.11 Å². The summed E-state index contributed by atoms with van der Waals surface area (Å²) < 4.78 is 0. The van der Waals surface area contributed by atoms with E-state index in [1.165, 1.54) is 17.3 Å².